The Morgan fingerprint density at radius 3 is 2.70 bits per heavy atom. The van der Waals surface area contributed by atoms with E-state index in [0.29, 0.717) is 22.9 Å². The summed E-state index contributed by atoms with van der Waals surface area (Å²) in [6.45, 7) is 0.702. The lowest BCUT2D eigenvalue weighted by Crippen LogP contribution is -2.12. The molecule has 2 aromatic heterocycles. The number of anilines is 1. The van der Waals surface area contributed by atoms with Gasteiger partial charge in [-0.05, 0) is 36.4 Å². The first-order chi connectivity index (χ1) is 11.2. The van der Waals surface area contributed by atoms with Crippen LogP contribution >= 0.6 is 11.6 Å². The van der Waals surface area contributed by atoms with Gasteiger partial charge < -0.3 is 5.32 Å². The molecule has 0 aliphatic rings. The fourth-order valence-corrected chi connectivity index (χ4v) is 2.24. The minimum absolute atomic E-state index is 0.211. The number of hydrogen-bond donors (Lipinski definition) is 1. The van der Waals surface area contributed by atoms with Gasteiger partial charge in [0, 0.05) is 47.7 Å². The van der Waals surface area contributed by atoms with E-state index in [4.69, 9.17) is 11.6 Å². The van der Waals surface area contributed by atoms with Crippen molar-refractivity contribution in [2.24, 2.45) is 0 Å². The Bertz CT molecular complexity index is 784. The van der Waals surface area contributed by atoms with Crippen molar-refractivity contribution in [2.45, 2.75) is 13.0 Å². The van der Waals surface area contributed by atoms with Crippen LogP contribution in [-0.4, -0.2) is 20.7 Å². The highest BCUT2D eigenvalue weighted by Gasteiger charge is 2.08. The normalized spacial score (nSPS) is 10.5. The highest BCUT2D eigenvalue weighted by molar-refractivity contribution is 6.30. The maximum absolute atomic E-state index is 12.1. The van der Waals surface area contributed by atoms with Crippen LogP contribution in [0.25, 0.3) is 0 Å². The number of nitrogens with one attached hydrogen (secondary N) is 1. The van der Waals surface area contributed by atoms with Crippen LogP contribution < -0.4 is 5.32 Å². The largest absolute Gasteiger partial charge is 0.305 e. The Hall–Kier alpha value is -2.66. The van der Waals surface area contributed by atoms with Crippen molar-refractivity contribution in [1.82, 2.24) is 14.8 Å². The molecular formula is C17H15ClN4O. The lowest BCUT2D eigenvalue weighted by molar-refractivity contribution is 0.102. The summed E-state index contributed by atoms with van der Waals surface area (Å²) in [6.07, 6.45) is 4.39. The molecule has 0 saturated heterocycles. The number of benzene rings is 1. The predicted octanol–water partition coefficient (Wildman–Crippen LogP) is 3.43. The Kier molecular flexibility index (Phi) is 4.68. The van der Waals surface area contributed by atoms with Crippen molar-refractivity contribution in [3.05, 3.63) is 77.2 Å². The van der Waals surface area contributed by atoms with Gasteiger partial charge in [-0.1, -0.05) is 17.7 Å². The summed E-state index contributed by atoms with van der Waals surface area (Å²) in [4.78, 5) is 16.4. The highest BCUT2D eigenvalue weighted by Crippen LogP contribution is 2.11. The Morgan fingerprint density at radius 1 is 1.13 bits per heavy atom. The molecular weight excluding hydrogens is 312 g/mol. The van der Waals surface area contributed by atoms with Crippen molar-refractivity contribution in [2.75, 3.05) is 5.32 Å². The minimum Gasteiger partial charge on any atom is -0.305 e. The Morgan fingerprint density at radius 2 is 1.96 bits per heavy atom. The van der Waals surface area contributed by atoms with Crippen LogP contribution in [-0.2, 0) is 13.0 Å². The smallest absolute Gasteiger partial charge is 0.256 e. The Labute approximate surface area is 138 Å². The molecule has 0 bridgehead atoms. The lowest BCUT2D eigenvalue weighted by Gasteiger charge is -2.03. The van der Waals surface area contributed by atoms with Crippen LogP contribution in [0.4, 0.5) is 5.82 Å². The molecule has 0 unspecified atom stereocenters. The maximum Gasteiger partial charge on any atom is 0.256 e. The summed E-state index contributed by atoms with van der Waals surface area (Å²) in [7, 11) is 0. The Balaban J connectivity index is 1.58. The van der Waals surface area contributed by atoms with E-state index in [1.807, 2.05) is 24.4 Å². The zero-order chi connectivity index (χ0) is 16.1. The van der Waals surface area contributed by atoms with Gasteiger partial charge in [-0.25, -0.2) is 0 Å². The molecule has 0 saturated carbocycles. The first kappa shape index (κ1) is 15.2. The third kappa shape index (κ3) is 4.17. The zero-order valence-electron chi connectivity index (χ0n) is 12.3. The summed E-state index contributed by atoms with van der Waals surface area (Å²) in [5, 5.41) is 7.70. The number of carbonyl (C=O) groups excluding carboxylic acids is 1. The fraction of sp³-hybridized carbons (Fsp3) is 0.118. The van der Waals surface area contributed by atoms with Crippen LogP contribution in [0.3, 0.4) is 0 Å². The molecule has 1 N–H and O–H groups in total. The van der Waals surface area contributed by atoms with Crippen molar-refractivity contribution in [1.29, 1.82) is 0 Å². The second-order valence-corrected chi connectivity index (χ2v) is 5.43. The van der Waals surface area contributed by atoms with Crippen molar-refractivity contribution in [3.63, 3.8) is 0 Å². The third-order valence-electron chi connectivity index (χ3n) is 3.31. The lowest BCUT2D eigenvalue weighted by atomic mass is 10.2. The van der Waals surface area contributed by atoms with Crippen LogP contribution in [0.1, 0.15) is 16.1 Å². The molecule has 116 valence electrons. The highest BCUT2D eigenvalue weighted by atomic mass is 35.5. The van der Waals surface area contributed by atoms with Gasteiger partial charge >= 0.3 is 0 Å². The number of aromatic nitrogens is 3. The van der Waals surface area contributed by atoms with E-state index in [1.54, 1.807) is 41.2 Å². The average molecular weight is 327 g/mol. The van der Waals surface area contributed by atoms with E-state index in [0.717, 1.165) is 12.1 Å². The van der Waals surface area contributed by atoms with E-state index in [2.05, 4.69) is 15.4 Å². The monoisotopic (exact) mass is 326 g/mol. The zero-order valence-corrected chi connectivity index (χ0v) is 13.1. The molecule has 2 heterocycles. The van der Waals surface area contributed by atoms with Gasteiger partial charge in [0.2, 0.25) is 0 Å². The quantitative estimate of drug-likeness (QED) is 0.781. The first-order valence-electron chi connectivity index (χ1n) is 7.21. The van der Waals surface area contributed by atoms with Gasteiger partial charge in [-0.2, -0.15) is 5.10 Å². The van der Waals surface area contributed by atoms with Gasteiger partial charge in [-0.15, -0.1) is 0 Å². The number of rotatable bonds is 5. The molecule has 0 fully saturated rings. The molecule has 0 aliphatic heterocycles. The second kappa shape index (κ2) is 7.07. The van der Waals surface area contributed by atoms with Crippen LogP contribution in [0.2, 0.25) is 5.02 Å². The van der Waals surface area contributed by atoms with Gasteiger partial charge in [0.05, 0.1) is 0 Å². The number of hydrogen-bond acceptors (Lipinski definition) is 3. The third-order valence-corrected chi connectivity index (χ3v) is 3.56. The van der Waals surface area contributed by atoms with E-state index in [9.17, 15) is 4.79 Å². The van der Waals surface area contributed by atoms with Gasteiger partial charge in [-0.3, -0.25) is 14.5 Å². The number of pyridine rings is 1. The van der Waals surface area contributed by atoms with Crippen LogP contribution in [0, 0.1) is 0 Å². The summed E-state index contributed by atoms with van der Waals surface area (Å²) in [6, 6.07) is 14.3. The first-order valence-corrected chi connectivity index (χ1v) is 7.59. The summed E-state index contributed by atoms with van der Waals surface area (Å²) >= 11 is 5.81. The summed E-state index contributed by atoms with van der Waals surface area (Å²) in [5.74, 6) is 0.308. The number of carbonyl (C=O) groups is 1. The average Bonchev–Trinajstić information content (AvgIpc) is 3.02. The van der Waals surface area contributed by atoms with Gasteiger partial charge in [0.15, 0.2) is 5.82 Å². The van der Waals surface area contributed by atoms with Crippen LogP contribution in [0.5, 0.6) is 0 Å². The van der Waals surface area contributed by atoms with E-state index < -0.39 is 0 Å². The number of amides is 1. The predicted molar refractivity (Wildman–Crippen MR) is 89.6 cm³/mol. The number of nitrogens with zero attached hydrogens (tertiary/aromatic N) is 3. The molecule has 3 aromatic rings. The fourth-order valence-electron chi connectivity index (χ4n) is 2.12. The van der Waals surface area contributed by atoms with Crippen molar-refractivity contribution < 1.29 is 4.79 Å². The number of aryl methyl sites for hydroxylation is 2. The van der Waals surface area contributed by atoms with Crippen molar-refractivity contribution in [3.8, 4) is 0 Å². The standard InChI is InChI=1S/C17H15ClN4O/c18-14-6-4-13(5-7-14)17(23)20-16-9-12-22(21-16)11-8-15-3-1-2-10-19-15/h1-7,9-10,12H,8,11H2,(H,20,21,23). The van der Waals surface area contributed by atoms with Gasteiger partial charge in [0.25, 0.3) is 5.91 Å². The molecule has 1 aromatic carbocycles. The summed E-state index contributed by atoms with van der Waals surface area (Å²) < 4.78 is 1.78. The molecule has 0 atom stereocenters. The molecule has 0 radical (unpaired) electrons. The number of halogens is 1. The summed E-state index contributed by atoms with van der Waals surface area (Å²) in [5.41, 5.74) is 1.55. The van der Waals surface area contributed by atoms with E-state index >= 15 is 0 Å². The molecule has 6 heteroatoms. The molecule has 3 rings (SSSR count). The molecule has 23 heavy (non-hydrogen) atoms. The SMILES string of the molecule is O=C(Nc1ccn(CCc2ccccn2)n1)c1ccc(Cl)cc1. The van der Waals surface area contributed by atoms with E-state index in [1.165, 1.54) is 0 Å². The van der Waals surface area contributed by atoms with Crippen molar-refractivity contribution >= 4 is 23.3 Å². The molecule has 5 nitrogen and oxygen atoms in total. The van der Waals surface area contributed by atoms with Crippen LogP contribution in [0.15, 0.2) is 60.9 Å². The maximum atomic E-state index is 12.1. The van der Waals surface area contributed by atoms with Gasteiger partial charge in [0.1, 0.15) is 0 Å². The molecule has 0 aliphatic carbocycles. The van der Waals surface area contributed by atoms with E-state index in [-0.39, 0.29) is 5.91 Å². The molecule has 0 spiro atoms. The second-order valence-electron chi connectivity index (χ2n) is 5.00. The molecule has 1 amide bonds. The minimum atomic E-state index is -0.211. The topological polar surface area (TPSA) is 59.8 Å².